The molecule has 36 heavy (non-hydrogen) atoms. The highest BCUT2D eigenvalue weighted by Gasteiger charge is 2.43. The Labute approximate surface area is 215 Å². The normalized spacial score (nSPS) is 12.8. The standard InChI is InChI=1S/C26H28ClN2O6P/c1-18(2)23(25(30)33-3)28-26(31)29-24(21-16-10-11-17-22(21)27)36(32,34-19-12-6-4-7-13-19)35-20-14-8-5-9-15-20/h4-18,23-24H,1-3H3,(H2,28,29,31)/t23-,24?/m1/s1. The Balaban J connectivity index is 2.04. The third-order valence-corrected chi connectivity index (χ3v) is 7.46. The van der Waals surface area contributed by atoms with Crippen molar-refractivity contribution >= 4 is 31.2 Å². The number of amides is 2. The summed E-state index contributed by atoms with van der Waals surface area (Å²) in [6.45, 7) is 3.52. The maximum Gasteiger partial charge on any atom is 0.457 e. The summed E-state index contributed by atoms with van der Waals surface area (Å²) in [5.74, 6) is -1.68. The first-order valence-corrected chi connectivity index (χ1v) is 13.2. The second-order valence-corrected chi connectivity index (χ2v) is 10.5. The van der Waals surface area contributed by atoms with Gasteiger partial charge in [-0.15, -0.1) is 0 Å². The van der Waals surface area contributed by atoms with Crippen LogP contribution >= 0.6 is 19.2 Å². The van der Waals surface area contributed by atoms with Gasteiger partial charge in [0.25, 0.3) is 0 Å². The van der Waals surface area contributed by atoms with Crippen LogP contribution in [0.5, 0.6) is 11.5 Å². The number of rotatable bonds is 10. The molecule has 0 aliphatic carbocycles. The number of hydrogen-bond acceptors (Lipinski definition) is 6. The molecule has 8 nitrogen and oxygen atoms in total. The molecule has 0 aliphatic rings. The molecule has 0 heterocycles. The first-order valence-electron chi connectivity index (χ1n) is 11.2. The molecule has 0 spiro atoms. The van der Waals surface area contributed by atoms with Gasteiger partial charge < -0.3 is 24.4 Å². The summed E-state index contributed by atoms with van der Waals surface area (Å²) >= 11 is 6.47. The SMILES string of the molecule is COC(=O)[C@H](NC(=O)NC(c1ccccc1Cl)P(=O)(Oc1ccccc1)Oc1ccccc1)C(C)C. The summed E-state index contributed by atoms with van der Waals surface area (Å²) in [5.41, 5.74) is 0.309. The van der Waals surface area contributed by atoms with E-state index in [1.165, 1.54) is 7.11 Å². The van der Waals surface area contributed by atoms with Crippen LogP contribution in [0.15, 0.2) is 84.9 Å². The molecule has 0 saturated heterocycles. The number of para-hydroxylation sites is 2. The van der Waals surface area contributed by atoms with Gasteiger partial charge in [-0.05, 0) is 36.2 Å². The minimum atomic E-state index is -4.25. The van der Waals surface area contributed by atoms with Crippen LogP contribution < -0.4 is 19.7 Å². The lowest BCUT2D eigenvalue weighted by Crippen LogP contribution is -2.50. The Morgan fingerprint density at radius 3 is 1.78 bits per heavy atom. The first-order chi connectivity index (χ1) is 17.2. The molecular weight excluding hydrogens is 503 g/mol. The van der Waals surface area contributed by atoms with Crippen molar-refractivity contribution in [1.29, 1.82) is 0 Å². The topological polar surface area (TPSA) is 103 Å². The van der Waals surface area contributed by atoms with Crippen LogP contribution in [0.4, 0.5) is 4.79 Å². The predicted octanol–water partition coefficient (Wildman–Crippen LogP) is 6.19. The van der Waals surface area contributed by atoms with E-state index in [2.05, 4.69) is 10.6 Å². The highest BCUT2D eigenvalue weighted by atomic mass is 35.5. The van der Waals surface area contributed by atoms with Crippen LogP contribution in [0, 0.1) is 5.92 Å². The van der Waals surface area contributed by atoms with Crippen molar-refractivity contribution in [1.82, 2.24) is 10.6 Å². The summed E-state index contributed by atoms with van der Waals surface area (Å²) in [4.78, 5) is 25.3. The van der Waals surface area contributed by atoms with Crippen LogP contribution in [0.3, 0.4) is 0 Å². The second-order valence-electron chi connectivity index (χ2n) is 8.14. The van der Waals surface area contributed by atoms with Crippen LogP contribution in [0.25, 0.3) is 0 Å². The zero-order valence-electron chi connectivity index (χ0n) is 20.1. The van der Waals surface area contributed by atoms with Crippen molar-refractivity contribution in [3.63, 3.8) is 0 Å². The second kappa shape index (κ2) is 12.5. The molecule has 3 aromatic carbocycles. The number of halogens is 1. The van der Waals surface area contributed by atoms with Crippen molar-refractivity contribution in [2.45, 2.75) is 25.7 Å². The average Bonchev–Trinajstić information content (AvgIpc) is 2.87. The lowest BCUT2D eigenvalue weighted by molar-refractivity contribution is -0.143. The zero-order valence-corrected chi connectivity index (χ0v) is 21.7. The van der Waals surface area contributed by atoms with Crippen molar-refractivity contribution in [2.75, 3.05) is 7.11 Å². The van der Waals surface area contributed by atoms with Crippen molar-refractivity contribution in [2.24, 2.45) is 5.92 Å². The Morgan fingerprint density at radius 1 is 0.806 bits per heavy atom. The smallest absolute Gasteiger partial charge is 0.457 e. The van der Waals surface area contributed by atoms with Crippen molar-refractivity contribution in [3.8, 4) is 11.5 Å². The Bertz CT molecular complexity index is 1160. The van der Waals surface area contributed by atoms with Crippen LogP contribution in [-0.4, -0.2) is 25.2 Å². The van der Waals surface area contributed by atoms with E-state index in [0.717, 1.165) is 0 Å². The average molecular weight is 531 g/mol. The van der Waals surface area contributed by atoms with Gasteiger partial charge in [0.05, 0.1) is 7.11 Å². The monoisotopic (exact) mass is 530 g/mol. The lowest BCUT2D eigenvalue weighted by atomic mass is 10.1. The molecule has 0 aliphatic heterocycles. The minimum Gasteiger partial charge on any atom is -0.467 e. The molecule has 1 unspecified atom stereocenters. The summed E-state index contributed by atoms with van der Waals surface area (Å²) in [5, 5.41) is 5.49. The highest BCUT2D eigenvalue weighted by Crippen LogP contribution is 2.59. The molecule has 3 rings (SSSR count). The van der Waals surface area contributed by atoms with Gasteiger partial charge in [-0.3, -0.25) is 0 Å². The number of nitrogens with one attached hydrogen (secondary N) is 2. The predicted molar refractivity (Wildman–Crippen MR) is 138 cm³/mol. The molecular formula is C26H28ClN2O6P. The number of methoxy groups -OCH3 is 1. The van der Waals surface area contributed by atoms with Gasteiger partial charge >= 0.3 is 19.6 Å². The fraction of sp³-hybridized carbons (Fsp3) is 0.231. The molecule has 0 bridgehead atoms. The largest absolute Gasteiger partial charge is 0.467 e. The highest BCUT2D eigenvalue weighted by molar-refractivity contribution is 7.55. The Morgan fingerprint density at radius 2 is 1.31 bits per heavy atom. The Kier molecular flexibility index (Phi) is 9.39. The molecule has 3 aromatic rings. The van der Waals surface area contributed by atoms with E-state index in [4.69, 9.17) is 25.4 Å². The first kappa shape index (κ1) is 27.1. The quantitative estimate of drug-likeness (QED) is 0.239. The number of urea groups is 1. The summed E-state index contributed by atoms with van der Waals surface area (Å²) in [7, 11) is -3.01. The van der Waals surface area contributed by atoms with E-state index in [9.17, 15) is 14.2 Å². The molecule has 0 aromatic heterocycles. The fourth-order valence-electron chi connectivity index (χ4n) is 3.34. The van der Waals surface area contributed by atoms with Crippen molar-refractivity contribution in [3.05, 3.63) is 95.5 Å². The molecule has 2 amide bonds. The zero-order chi connectivity index (χ0) is 26.1. The van der Waals surface area contributed by atoms with Crippen LogP contribution in [0.2, 0.25) is 5.02 Å². The summed E-state index contributed by atoms with van der Waals surface area (Å²) in [6, 6.07) is 21.8. The van der Waals surface area contributed by atoms with Gasteiger partial charge in [-0.25, -0.2) is 14.2 Å². The summed E-state index contributed by atoms with van der Waals surface area (Å²) < 4.78 is 31.2. The number of hydrogen-bond donors (Lipinski definition) is 2. The van der Waals surface area contributed by atoms with Gasteiger partial charge in [0, 0.05) is 10.6 Å². The van der Waals surface area contributed by atoms with Gasteiger partial charge in [0.15, 0.2) is 5.78 Å². The third-order valence-electron chi connectivity index (χ3n) is 5.14. The Hall–Kier alpha value is -3.48. The number of ether oxygens (including phenoxy) is 1. The van der Waals surface area contributed by atoms with Crippen LogP contribution in [0.1, 0.15) is 25.2 Å². The van der Waals surface area contributed by atoms with Gasteiger partial charge in [0.1, 0.15) is 17.5 Å². The molecule has 0 radical (unpaired) electrons. The molecule has 0 fully saturated rings. The number of benzene rings is 3. The van der Waals surface area contributed by atoms with E-state index >= 15 is 0 Å². The number of carbonyl (C=O) groups is 2. The number of esters is 1. The van der Waals surface area contributed by atoms with Gasteiger partial charge in [-0.2, -0.15) is 0 Å². The van der Waals surface area contributed by atoms with Crippen LogP contribution in [-0.2, 0) is 14.1 Å². The van der Waals surface area contributed by atoms with E-state index in [1.54, 1.807) is 98.8 Å². The van der Waals surface area contributed by atoms with Crippen molar-refractivity contribution < 1.29 is 27.9 Å². The minimum absolute atomic E-state index is 0.240. The maximum absolute atomic E-state index is 14.5. The van der Waals surface area contributed by atoms with Gasteiger partial charge in [-0.1, -0.05) is 80.0 Å². The molecule has 10 heteroatoms. The maximum atomic E-state index is 14.5. The van der Waals surface area contributed by atoms with E-state index in [1.807, 2.05) is 0 Å². The molecule has 2 atom stereocenters. The van der Waals surface area contributed by atoms with Gasteiger partial charge in [0.2, 0.25) is 0 Å². The third kappa shape index (κ3) is 7.03. The molecule has 190 valence electrons. The van der Waals surface area contributed by atoms with E-state index in [-0.39, 0.29) is 22.4 Å². The van der Waals surface area contributed by atoms with E-state index in [0.29, 0.717) is 5.56 Å². The molecule has 2 N–H and O–H groups in total. The number of carbonyl (C=O) groups excluding carboxylic acids is 2. The fourth-order valence-corrected chi connectivity index (χ4v) is 5.58. The van der Waals surface area contributed by atoms with E-state index < -0.39 is 31.4 Å². The summed E-state index contributed by atoms with van der Waals surface area (Å²) in [6.07, 6.45) is 0. The molecule has 0 saturated carbocycles. The lowest BCUT2D eigenvalue weighted by Gasteiger charge is -2.30.